The van der Waals surface area contributed by atoms with Crippen LogP contribution in [0.1, 0.15) is 47.5 Å². The third kappa shape index (κ3) is 5.54. The fraction of sp³-hybridized carbons (Fsp3) is 0.650. The second kappa shape index (κ2) is 9.67. The van der Waals surface area contributed by atoms with Crippen LogP contribution in [0.4, 0.5) is 0 Å². The van der Waals surface area contributed by atoms with Gasteiger partial charge in [-0.25, -0.2) is 8.42 Å². The minimum Gasteiger partial charge on any atom is -0.452 e. The van der Waals surface area contributed by atoms with Crippen molar-refractivity contribution in [1.29, 1.82) is 0 Å². The van der Waals surface area contributed by atoms with Crippen molar-refractivity contribution in [3.8, 4) is 0 Å². The van der Waals surface area contributed by atoms with Gasteiger partial charge in [0.2, 0.25) is 10.0 Å². The van der Waals surface area contributed by atoms with Gasteiger partial charge in [0.25, 0.3) is 5.91 Å². The lowest BCUT2D eigenvalue weighted by atomic mass is 9.98. The molecule has 1 aromatic rings. The fourth-order valence-electron chi connectivity index (χ4n) is 3.62. The van der Waals surface area contributed by atoms with Crippen LogP contribution in [0.15, 0.2) is 29.4 Å². The van der Waals surface area contributed by atoms with Crippen LogP contribution in [-0.2, 0) is 24.3 Å². The van der Waals surface area contributed by atoms with Crippen molar-refractivity contribution >= 4 is 21.9 Å². The topological polar surface area (TPSA) is 96.9 Å². The van der Waals surface area contributed by atoms with Gasteiger partial charge in [0.05, 0.1) is 5.92 Å². The van der Waals surface area contributed by atoms with Gasteiger partial charge in [-0.2, -0.15) is 4.31 Å². The summed E-state index contributed by atoms with van der Waals surface area (Å²) in [5, 5.41) is 0. The predicted octanol–water partition coefficient (Wildman–Crippen LogP) is 2.06. The number of nitrogens with zero attached hydrogens (tertiary/aromatic N) is 3. The number of hydrogen-bond donors (Lipinski definition) is 0. The van der Waals surface area contributed by atoms with Gasteiger partial charge < -0.3 is 9.64 Å². The number of carbonyl (C=O) groups excluding carboxylic acids is 2. The Morgan fingerprint density at radius 1 is 1.14 bits per heavy atom. The Morgan fingerprint density at radius 2 is 1.72 bits per heavy atom. The van der Waals surface area contributed by atoms with Crippen molar-refractivity contribution in [2.75, 3.05) is 13.1 Å². The molecular formula is C20H31N3O5S. The largest absolute Gasteiger partial charge is 0.452 e. The van der Waals surface area contributed by atoms with E-state index in [4.69, 9.17) is 4.74 Å². The number of amides is 1. The lowest BCUT2D eigenvalue weighted by Crippen LogP contribution is -2.48. The Balaban J connectivity index is 1.94. The molecule has 0 saturated carbocycles. The zero-order valence-electron chi connectivity index (χ0n) is 17.7. The van der Waals surface area contributed by atoms with Gasteiger partial charge in [0.1, 0.15) is 4.90 Å². The molecule has 1 unspecified atom stereocenters. The van der Waals surface area contributed by atoms with Crippen molar-refractivity contribution in [1.82, 2.24) is 14.2 Å². The van der Waals surface area contributed by atoms with Gasteiger partial charge in [0, 0.05) is 37.6 Å². The monoisotopic (exact) mass is 425 g/mol. The molecular weight excluding hydrogens is 394 g/mol. The fourth-order valence-corrected chi connectivity index (χ4v) is 5.05. The SMILES string of the molecule is CC(OC(=O)C1CCN(S(=O)(=O)c2cccnc2)CC1)C(=O)N(C(C)C)C(C)C. The third-order valence-corrected chi connectivity index (χ3v) is 6.95. The molecule has 1 aromatic heterocycles. The molecule has 162 valence electrons. The van der Waals surface area contributed by atoms with Gasteiger partial charge in [-0.15, -0.1) is 0 Å². The summed E-state index contributed by atoms with van der Waals surface area (Å²) in [6.07, 6.45) is 2.68. The van der Waals surface area contributed by atoms with Crippen molar-refractivity contribution in [3.63, 3.8) is 0 Å². The average molecular weight is 426 g/mol. The second-order valence-corrected chi connectivity index (χ2v) is 9.82. The van der Waals surface area contributed by atoms with E-state index in [0.717, 1.165) is 0 Å². The van der Waals surface area contributed by atoms with Crippen LogP contribution in [0.5, 0.6) is 0 Å². The number of esters is 1. The van der Waals surface area contributed by atoms with E-state index in [2.05, 4.69) is 4.98 Å². The minimum absolute atomic E-state index is 0.00423. The predicted molar refractivity (Wildman–Crippen MR) is 108 cm³/mol. The first-order chi connectivity index (χ1) is 13.6. The molecule has 1 atom stereocenters. The molecule has 2 heterocycles. The Hall–Kier alpha value is -2.00. The van der Waals surface area contributed by atoms with E-state index >= 15 is 0 Å². The van der Waals surface area contributed by atoms with Gasteiger partial charge in [-0.3, -0.25) is 14.6 Å². The zero-order chi connectivity index (χ0) is 21.8. The molecule has 1 amide bonds. The molecule has 0 radical (unpaired) electrons. The summed E-state index contributed by atoms with van der Waals surface area (Å²) in [7, 11) is -3.62. The number of rotatable bonds is 7. The van der Waals surface area contributed by atoms with Crippen LogP contribution in [0.25, 0.3) is 0 Å². The smallest absolute Gasteiger partial charge is 0.309 e. The maximum absolute atomic E-state index is 12.7. The number of pyridine rings is 1. The molecule has 1 aliphatic heterocycles. The van der Waals surface area contributed by atoms with Gasteiger partial charge in [-0.05, 0) is 59.6 Å². The molecule has 0 spiro atoms. The highest BCUT2D eigenvalue weighted by molar-refractivity contribution is 7.89. The minimum atomic E-state index is -3.62. The summed E-state index contributed by atoms with van der Waals surface area (Å²) in [5.74, 6) is -1.09. The second-order valence-electron chi connectivity index (χ2n) is 7.88. The van der Waals surface area contributed by atoms with Crippen LogP contribution in [0.2, 0.25) is 0 Å². The average Bonchev–Trinajstić information content (AvgIpc) is 2.68. The molecule has 0 N–H and O–H groups in total. The normalized spacial score (nSPS) is 17.3. The first kappa shape index (κ1) is 23.3. The molecule has 2 rings (SSSR count). The molecule has 0 bridgehead atoms. The first-order valence-electron chi connectivity index (χ1n) is 9.98. The molecule has 9 heteroatoms. The lowest BCUT2D eigenvalue weighted by molar-refractivity contribution is -0.165. The van der Waals surface area contributed by atoms with E-state index in [-0.39, 0.29) is 36.0 Å². The standard InChI is InChI=1S/C20H31N3O5S/c1-14(2)23(15(3)4)19(24)16(5)28-20(25)17-8-11-22(12-9-17)29(26,27)18-7-6-10-21-13-18/h6-7,10,13-17H,8-9,11-12H2,1-5H3. The number of carbonyl (C=O) groups is 2. The molecule has 1 saturated heterocycles. The van der Waals surface area contributed by atoms with Crippen LogP contribution in [0, 0.1) is 5.92 Å². The number of aromatic nitrogens is 1. The Kier molecular flexibility index (Phi) is 7.76. The summed E-state index contributed by atoms with van der Waals surface area (Å²) >= 11 is 0. The van der Waals surface area contributed by atoms with Gasteiger partial charge >= 0.3 is 5.97 Å². The molecule has 1 fully saturated rings. The Bertz CT molecular complexity index is 795. The third-order valence-electron chi connectivity index (χ3n) is 5.07. The van der Waals surface area contributed by atoms with Crippen LogP contribution < -0.4 is 0 Å². The van der Waals surface area contributed by atoms with Crippen molar-refractivity contribution in [2.45, 2.75) is 70.5 Å². The van der Waals surface area contributed by atoms with E-state index < -0.39 is 28.0 Å². The van der Waals surface area contributed by atoms with Crippen LogP contribution in [-0.4, -0.2) is 65.8 Å². The zero-order valence-corrected chi connectivity index (χ0v) is 18.6. The quantitative estimate of drug-likeness (QED) is 0.621. The van der Waals surface area contributed by atoms with Gasteiger partial charge in [-0.1, -0.05) is 0 Å². The number of piperidine rings is 1. The summed E-state index contributed by atoms with van der Waals surface area (Å²) in [6, 6.07) is 3.09. The summed E-state index contributed by atoms with van der Waals surface area (Å²) in [4.78, 5) is 30.9. The van der Waals surface area contributed by atoms with Crippen molar-refractivity contribution in [3.05, 3.63) is 24.5 Å². The lowest BCUT2D eigenvalue weighted by Gasteiger charge is -2.34. The first-order valence-corrected chi connectivity index (χ1v) is 11.4. The van der Waals surface area contributed by atoms with E-state index in [0.29, 0.717) is 12.8 Å². The number of hydrogen-bond acceptors (Lipinski definition) is 6. The van der Waals surface area contributed by atoms with E-state index in [1.54, 1.807) is 17.9 Å². The Labute approximate surface area is 173 Å². The van der Waals surface area contributed by atoms with Gasteiger partial charge in [0.15, 0.2) is 6.10 Å². The van der Waals surface area contributed by atoms with E-state index in [9.17, 15) is 18.0 Å². The Morgan fingerprint density at radius 3 is 2.21 bits per heavy atom. The highest BCUT2D eigenvalue weighted by Crippen LogP contribution is 2.25. The van der Waals surface area contributed by atoms with Crippen molar-refractivity contribution in [2.24, 2.45) is 5.92 Å². The molecule has 1 aliphatic rings. The highest BCUT2D eigenvalue weighted by Gasteiger charge is 2.35. The van der Waals surface area contributed by atoms with Crippen LogP contribution in [0.3, 0.4) is 0 Å². The molecule has 29 heavy (non-hydrogen) atoms. The maximum atomic E-state index is 12.7. The molecule has 0 aromatic carbocycles. The summed E-state index contributed by atoms with van der Waals surface area (Å²) in [6.45, 7) is 9.72. The van der Waals surface area contributed by atoms with Crippen molar-refractivity contribution < 1.29 is 22.7 Å². The highest BCUT2D eigenvalue weighted by atomic mass is 32.2. The summed E-state index contributed by atoms with van der Waals surface area (Å²) < 4.78 is 32.1. The van der Waals surface area contributed by atoms with Crippen LogP contribution >= 0.6 is 0 Å². The van der Waals surface area contributed by atoms with E-state index in [1.807, 2.05) is 27.7 Å². The summed E-state index contributed by atoms with van der Waals surface area (Å²) in [5.41, 5.74) is 0. The molecule has 8 nitrogen and oxygen atoms in total. The van der Waals surface area contributed by atoms with E-state index in [1.165, 1.54) is 22.8 Å². The molecule has 0 aliphatic carbocycles. The maximum Gasteiger partial charge on any atom is 0.309 e. The number of ether oxygens (including phenoxy) is 1. The number of sulfonamides is 1.